The second-order valence-corrected chi connectivity index (χ2v) is 7.53. The van der Waals surface area contributed by atoms with Crippen LogP contribution in [-0.2, 0) is 6.42 Å². The number of ether oxygens (including phenoxy) is 1. The number of hydrogen-bond donors (Lipinski definition) is 1. The third kappa shape index (κ3) is 5.35. The van der Waals surface area contributed by atoms with E-state index in [0.29, 0.717) is 17.4 Å². The molecule has 30 heavy (non-hydrogen) atoms. The van der Waals surface area contributed by atoms with Crippen molar-refractivity contribution in [3.05, 3.63) is 84.4 Å². The van der Waals surface area contributed by atoms with Crippen LogP contribution in [0.25, 0.3) is 0 Å². The Labute approximate surface area is 175 Å². The second-order valence-electron chi connectivity index (χ2n) is 7.53. The van der Waals surface area contributed by atoms with Crippen molar-refractivity contribution in [1.29, 1.82) is 0 Å². The molecule has 0 aliphatic carbocycles. The summed E-state index contributed by atoms with van der Waals surface area (Å²) in [7, 11) is 0. The summed E-state index contributed by atoms with van der Waals surface area (Å²) in [6.07, 6.45) is 6.26. The van der Waals surface area contributed by atoms with Gasteiger partial charge in [-0.15, -0.1) is 0 Å². The van der Waals surface area contributed by atoms with Crippen molar-refractivity contribution in [2.75, 3.05) is 18.4 Å². The van der Waals surface area contributed by atoms with Gasteiger partial charge in [0.1, 0.15) is 17.3 Å². The molecule has 0 saturated carbocycles. The van der Waals surface area contributed by atoms with Crippen molar-refractivity contribution in [3.8, 4) is 11.5 Å². The van der Waals surface area contributed by atoms with E-state index in [1.165, 1.54) is 12.1 Å². The van der Waals surface area contributed by atoms with Gasteiger partial charge in [0.2, 0.25) is 0 Å². The number of hydrogen-bond acceptors (Lipinski definition) is 3. The summed E-state index contributed by atoms with van der Waals surface area (Å²) in [4.78, 5) is 18.5. The molecule has 2 heterocycles. The molecule has 1 aromatic heterocycles. The third-order valence-corrected chi connectivity index (χ3v) is 5.19. The highest BCUT2D eigenvalue weighted by molar-refractivity contribution is 5.89. The number of nitrogens with one attached hydrogen (secondary N) is 1. The van der Waals surface area contributed by atoms with Crippen molar-refractivity contribution in [3.63, 3.8) is 0 Å². The van der Waals surface area contributed by atoms with Crippen LogP contribution in [0.3, 0.4) is 0 Å². The number of amides is 2. The van der Waals surface area contributed by atoms with Gasteiger partial charge < -0.3 is 15.0 Å². The number of piperidine rings is 1. The first-order chi connectivity index (χ1) is 14.7. The molecule has 2 amide bonds. The fourth-order valence-electron chi connectivity index (χ4n) is 3.76. The molecule has 4 rings (SSSR count). The summed E-state index contributed by atoms with van der Waals surface area (Å²) in [5.74, 6) is 1.43. The van der Waals surface area contributed by atoms with Crippen LogP contribution < -0.4 is 10.1 Å². The van der Waals surface area contributed by atoms with E-state index in [1.807, 2.05) is 29.2 Å². The molecule has 1 N–H and O–H groups in total. The highest BCUT2D eigenvalue weighted by Crippen LogP contribution is 2.26. The van der Waals surface area contributed by atoms with Gasteiger partial charge in [-0.25, -0.2) is 9.18 Å². The van der Waals surface area contributed by atoms with Crippen LogP contribution in [0, 0.1) is 11.7 Å². The van der Waals surface area contributed by atoms with Gasteiger partial charge in [0.15, 0.2) is 0 Å². The molecule has 1 fully saturated rings. The van der Waals surface area contributed by atoms with E-state index >= 15 is 0 Å². The lowest BCUT2D eigenvalue weighted by Gasteiger charge is -2.33. The van der Waals surface area contributed by atoms with Crippen LogP contribution in [0.1, 0.15) is 18.4 Å². The van der Waals surface area contributed by atoms with Gasteiger partial charge in [0.05, 0.1) is 11.9 Å². The van der Waals surface area contributed by atoms with Crippen LogP contribution in [0.4, 0.5) is 14.9 Å². The van der Waals surface area contributed by atoms with E-state index in [0.717, 1.165) is 43.7 Å². The average molecular weight is 405 g/mol. The monoisotopic (exact) mass is 405 g/mol. The predicted molar refractivity (Wildman–Crippen MR) is 114 cm³/mol. The first-order valence-electron chi connectivity index (χ1n) is 10.1. The predicted octanol–water partition coefficient (Wildman–Crippen LogP) is 5.50. The van der Waals surface area contributed by atoms with E-state index < -0.39 is 0 Å². The normalized spacial score (nSPS) is 16.2. The first-order valence-corrected chi connectivity index (χ1v) is 10.1. The number of carbonyl (C=O) groups excluding carboxylic acids is 1. The van der Waals surface area contributed by atoms with Gasteiger partial charge >= 0.3 is 6.03 Å². The van der Waals surface area contributed by atoms with Crippen molar-refractivity contribution in [2.45, 2.75) is 19.3 Å². The number of anilines is 1. The molecule has 0 bridgehead atoms. The molecule has 2 aromatic carbocycles. The maximum atomic E-state index is 13.1. The fourth-order valence-corrected chi connectivity index (χ4v) is 3.76. The quantitative estimate of drug-likeness (QED) is 0.610. The topological polar surface area (TPSA) is 54.5 Å². The van der Waals surface area contributed by atoms with E-state index in [1.54, 1.807) is 30.6 Å². The molecule has 1 aliphatic rings. The van der Waals surface area contributed by atoms with Gasteiger partial charge in [0.25, 0.3) is 0 Å². The number of rotatable bonds is 5. The van der Waals surface area contributed by atoms with E-state index in [9.17, 15) is 9.18 Å². The lowest BCUT2D eigenvalue weighted by Crippen LogP contribution is -2.42. The largest absolute Gasteiger partial charge is 0.457 e. The Hall–Kier alpha value is -3.41. The Morgan fingerprint density at radius 2 is 2.00 bits per heavy atom. The fraction of sp³-hybridized carbons (Fsp3) is 0.250. The van der Waals surface area contributed by atoms with Crippen molar-refractivity contribution >= 4 is 11.7 Å². The molecule has 0 radical (unpaired) electrons. The Balaban J connectivity index is 1.35. The summed E-state index contributed by atoms with van der Waals surface area (Å²) < 4.78 is 18.9. The summed E-state index contributed by atoms with van der Waals surface area (Å²) in [5.41, 5.74) is 1.87. The number of urea groups is 1. The van der Waals surface area contributed by atoms with E-state index in [2.05, 4.69) is 16.4 Å². The molecule has 1 saturated heterocycles. The second kappa shape index (κ2) is 9.39. The lowest BCUT2D eigenvalue weighted by molar-refractivity contribution is 0.177. The molecule has 1 unspecified atom stereocenters. The Kier molecular flexibility index (Phi) is 6.23. The maximum Gasteiger partial charge on any atom is 0.321 e. The summed E-state index contributed by atoms with van der Waals surface area (Å²) in [6.45, 7) is 1.48. The molecular formula is C24H24FN3O2. The number of pyridine rings is 1. The lowest BCUT2D eigenvalue weighted by atomic mass is 9.91. The standard InChI is InChI=1S/C24H24FN3O2/c25-20-8-10-22(11-9-20)30-23-7-1-4-18(15-23)14-19-5-3-13-28(17-19)24(29)27-21-6-2-12-26-16-21/h1-2,4,6-12,15-16,19H,3,5,13-14,17H2,(H,27,29). The number of aromatic nitrogens is 1. The zero-order valence-electron chi connectivity index (χ0n) is 16.6. The minimum Gasteiger partial charge on any atom is -0.457 e. The highest BCUT2D eigenvalue weighted by Gasteiger charge is 2.24. The Morgan fingerprint density at radius 1 is 1.13 bits per heavy atom. The molecule has 1 aliphatic heterocycles. The van der Waals surface area contributed by atoms with Gasteiger partial charge in [-0.2, -0.15) is 0 Å². The zero-order valence-corrected chi connectivity index (χ0v) is 16.6. The maximum absolute atomic E-state index is 13.1. The van der Waals surface area contributed by atoms with Gasteiger partial charge in [-0.3, -0.25) is 4.98 Å². The third-order valence-electron chi connectivity index (χ3n) is 5.19. The number of benzene rings is 2. The van der Waals surface area contributed by atoms with Crippen molar-refractivity contribution in [1.82, 2.24) is 9.88 Å². The molecular weight excluding hydrogens is 381 g/mol. The first kappa shape index (κ1) is 19.9. The van der Waals surface area contributed by atoms with Crippen molar-refractivity contribution in [2.24, 2.45) is 5.92 Å². The molecule has 5 nitrogen and oxygen atoms in total. The van der Waals surface area contributed by atoms with E-state index in [4.69, 9.17) is 4.74 Å². The SMILES string of the molecule is O=C(Nc1cccnc1)N1CCCC(Cc2cccc(Oc3ccc(F)cc3)c2)C1. The summed E-state index contributed by atoms with van der Waals surface area (Å²) >= 11 is 0. The van der Waals surface area contributed by atoms with Gasteiger partial charge in [0, 0.05) is 19.3 Å². The minimum absolute atomic E-state index is 0.0823. The Bertz CT molecular complexity index is 979. The van der Waals surface area contributed by atoms with E-state index in [-0.39, 0.29) is 11.8 Å². The highest BCUT2D eigenvalue weighted by atomic mass is 19.1. The van der Waals surface area contributed by atoms with Crippen LogP contribution in [-0.4, -0.2) is 29.0 Å². The van der Waals surface area contributed by atoms with Crippen molar-refractivity contribution < 1.29 is 13.9 Å². The molecule has 6 heteroatoms. The van der Waals surface area contributed by atoms with Crippen LogP contribution in [0.15, 0.2) is 73.1 Å². The molecule has 3 aromatic rings. The number of halogens is 1. The number of likely N-dealkylation sites (tertiary alicyclic amines) is 1. The molecule has 154 valence electrons. The van der Waals surface area contributed by atoms with Gasteiger partial charge in [-0.1, -0.05) is 12.1 Å². The smallest absolute Gasteiger partial charge is 0.321 e. The zero-order chi connectivity index (χ0) is 20.8. The average Bonchev–Trinajstić information content (AvgIpc) is 2.76. The minimum atomic E-state index is -0.287. The molecule has 0 spiro atoms. The van der Waals surface area contributed by atoms with Crippen LogP contribution in [0.5, 0.6) is 11.5 Å². The number of nitrogens with zero attached hydrogens (tertiary/aromatic N) is 2. The van der Waals surface area contributed by atoms with Crippen LogP contribution in [0.2, 0.25) is 0 Å². The summed E-state index contributed by atoms with van der Waals surface area (Å²) in [5, 5.41) is 2.91. The molecule has 1 atom stereocenters. The Morgan fingerprint density at radius 3 is 2.80 bits per heavy atom. The van der Waals surface area contributed by atoms with Crippen LogP contribution >= 0.6 is 0 Å². The summed E-state index contributed by atoms with van der Waals surface area (Å²) in [6, 6.07) is 17.5. The van der Waals surface area contributed by atoms with Gasteiger partial charge in [-0.05, 0) is 79.3 Å². The number of carbonyl (C=O) groups is 1.